The molecule has 1 atom stereocenters. The van der Waals surface area contributed by atoms with E-state index >= 15 is 0 Å². The second-order valence-corrected chi connectivity index (χ2v) is 6.79. The van der Waals surface area contributed by atoms with Gasteiger partial charge in [-0.25, -0.2) is 4.98 Å². The van der Waals surface area contributed by atoms with Crippen LogP contribution in [-0.2, 0) is 19.6 Å². The normalized spacial score (nSPS) is 16.9. The van der Waals surface area contributed by atoms with Gasteiger partial charge in [0.2, 0.25) is 0 Å². The summed E-state index contributed by atoms with van der Waals surface area (Å²) in [6.07, 6.45) is 8.64. The summed E-state index contributed by atoms with van der Waals surface area (Å²) in [5.41, 5.74) is 3.14. The minimum atomic E-state index is -0.201. The maximum absolute atomic E-state index is 12.5. The minimum absolute atomic E-state index is 0.123. The molecule has 3 aromatic rings. The van der Waals surface area contributed by atoms with Crippen molar-refractivity contribution in [1.29, 1.82) is 0 Å². The van der Waals surface area contributed by atoms with Gasteiger partial charge in [-0.05, 0) is 19.9 Å². The fraction of sp³-hybridized carbons (Fsp3) is 0.368. The SMILES string of the molecule is Cc1cnc(CNC(=O)c2cn3c(n2)[C@@H](C)N(Cc2ccoc2)CC3)cn1. The van der Waals surface area contributed by atoms with E-state index < -0.39 is 0 Å². The monoisotopic (exact) mass is 366 g/mol. The van der Waals surface area contributed by atoms with Crippen LogP contribution in [0.15, 0.2) is 41.6 Å². The van der Waals surface area contributed by atoms with E-state index in [0.717, 1.165) is 42.4 Å². The number of carbonyl (C=O) groups is 1. The van der Waals surface area contributed by atoms with Gasteiger partial charge in [0.25, 0.3) is 5.91 Å². The molecule has 0 spiro atoms. The van der Waals surface area contributed by atoms with E-state index in [1.54, 1.807) is 24.9 Å². The summed E-state index contributed by atoms with van der Waals surface area (Å²) >= 11 is 0. The molecule has 8 heteroatoms. The Morgan fingerprint density at radius 3 is 2.96 bits per heavy atom. The maximum atomic E-state index is 12.5. The van der Waals surface area contributed by atoms with Crippen LogP contribution in [0.25, 0.3) is 0 Å². The van der Waals surface area contributed by atoms with Crippen molar-refractivity contribution in [2.75, 3.05) is 6.54 Å². The molecule has 0 aromatic carbocycles. The van der Waals surface area contributed by atoms with Crippen molar-refractivity contribution in [2.24, 2.45) is 0 Å². The molecule has 140 valence electrons. The van der Waals surface area contributed by atoms with Gasteiger partial charge in [-0.3, -0.25) is 19.7 Å². The smallest absolute Gasteiger partial charge is 0.271 e. The zero-order valence-electron chi connectivity index (χ0n) is 15.4. The Morgan fingerprint density at radius 2 is 2.22 bits per heavy atom. The van der Waals surface area contributed by atoms with Gasteiger partial charge in [0.1, 0.15) is 11.5 Å². The third-order valence-electron chi connectivity index (χ3n) is 4.82. The van der Waals surface area contributed by atoms with Gasteiger partial charge in [0, 0.05) is 37.6 Å². The maximum Gasteiger partial charge on any atom is 0.271 e. The summed E-state index contributed by atoms with van der Waals surface area (Å²) in [6, 6.07) is 2.10. The molecule has 1 amide bonds. The highest BCUT2D eigenvalue weighted by Gasteiger charge is 2.27. The third kappa shape index (κ3) is 3.75. The predicted molar refractivity (Wildman–Crippen MR) is 97.7 cm³/mol. The summed E-state index contributed by atoms with van der Waals surface area (Å²) in [4.78, 5) is 27.8. The van der Waals surface area contributed by atoms with Crippen molar-refractivity contribution in [3.8, 4) is 0 Å². The molecule has 1 aliphatic heterocycles. The van der Waals surface area contributed by atoms with Crippen LogP contribution in [0.3, 0.4) is 0 Å². The van der Waals surface area contributed by atoms with E-state index in [1.165, 1.54) is 0 Å². The summed E-state index contributed by atoms with van der Waals surface area (Å²) < 4.78 is 7.22. The summed E-state index contributed by atoms with van der Waals surface area (Å²) in [5, 5.41) is 2.86. The van der Waals surface area contributed by atoms with Crippen LogP contribution in [0.2, 0.25) is 0 Å². The lowest BCUT2D eigenvalue weighted by Gasteiger charge is -2.33. The van der Waals surface area contributed by atoms with E-state index in [2.05, 4.69) is 36.7 Å². The summed E-state index contributed by atoms with van der Waals surface area (Å²) in [7, 11) is 0. The molecule has 0 bridgehead atoms. The van der Waals surface area contributed by atoms with Crippen LogP contribution in [0.1, 0.15) is 46.2 Å². The topological polar surface area (TPSA) is 89.1 Å². The van der Waals surface area contributed by atoms with Crippen molar-refractivity contribution in [2.45, 2.75) is 39.5 Å². The van der Waals surface area contributed by atoms with E-state index in [4.69, 9.17) is 4.42 Å². The highest BCUT2D eigenvalue weighted by atomic mass is 16.3. The quantitative estimate of drug-likeness (QED) is 0.744. The number of aryl methyl sites for hydroxylation is 1. The summed E-state index contributed by atoms with van der Waals surface area (Å²) in [5.74, 6) is 0.706. The standard InChI is InChI=1S/C19H22N6O2/c1-13-7-21-16(8-20-13)9-22-19(26)17-11-25-5-4-24(14(2)18(25)23-17)10-15-3-6-27-12-15/h3,6-8,11-12,14H,4-5,9-10H2,1-2H3,(H,22,26)/t14-/m1/s1. The van der Waals surface area contributed by atoms with E-state index in [9.17, 15) is 4.79 Å². The Morgan fingerprint density at radius 1 is 1.33 bits per heavy atom. The number of furan rings is 1. The molecule has 0 saturated heterocycles. The highest BCUT2D eigenvalue weighted by Crippen LogP contribution is 2.26. The van der Waals surface area contributed by atoms with Crippen molar-refractivity contribution in [1.82, 2.24) is 29.7 Å². The third-order valence-corrected chi connectivity index (χ3v) is 4.82. The molecule has 27 heavy (non-hydrogen) atoms. The molecule has 0 fully saturated rings. The number of aromatic nitrogens is 4. The molecule has 0 saturated carbocycles. The second kappa shape index (κ2) is 7.32. The van der Waals surface area contributed by atoms with Gasteiger partial charge < -0.3 is 14.3 Å². The number of hydrogen-bond donors (Lipinski definition) is 1. The molecule has 1 N–H and O–H groups in total. The average Bonchev–Trinajstić information content (AvgIpc) is 3.33. The first-order valence-corrected chi connectivity index (χ1v) is 8.98. The van der Waals surface area contributed by atoms with Crippen molar-refractivity contribution in [3.63, 3.8) is 0 Å². The van der Waals surface area contributed by atoms with Gasteiger partial charge in [0.15, 0.2) is 0 Å². The Kier molecular flexibility index (Phi) is 4.72. The molecule has 8 nitrogen and oxygen atoms in total. The lowest BCUT2D eigenvalue weighted by Crippen LogP contribution is -2.36. The van der Waals surface area contributed by atoms with Crippen LogP contribution in [0.4, 0.5) is 0 Å². The number of hydrogen-bond acceptors (Lipinski definition) is 6. The van der Waals surface area contributed by atoms with E-state index in [0.29, 0.717) is 12.2 Å². The Bertz CT molecular complexity index is 916. The van der Waals surface area contributed by atoms with Crippen LogP contribution < -0.4 is 5.32 Å². The molecular formula is C19H22N6O2. The van der Waals surface area contributed by atoms with Crippen LogP contribution in [-0.4, -0.2) is 36.9 Å². The minimum Gasteiger partial charge on any atom is -0.472 e. The Hall–Kier alpha value is -3.00. The van der Waals surface area contributed by atoms with Gasteiger partial charge >= 0.3 is 0 Å². The Balaban J connectivity index is 1.42. The van der Waals surface area contributed by atoms with Crippen LogP contribution >= 0.6 is 0 Å². The first-order valence-electron chi connectivity index (χ1n) is 8.98. The fourth-order valence-corrected chi connectivity index (χ4v) is 3.25. The number of fused-ring (bicyclic) bond motifs is 1. The number of amides is 1. The molecule has 4 heterocycles. The molecule has 0 aliphatic carbocycles. The molecular weight excluding hydrogens is 344 g/mol. The fourth-order valence-electron chi connectivity index (χ4n) is 3.25. The van der Waals surface area contributed by atoms with Crippen LogP contribution in [0.5, 0.6) is 0 Å². The average molecular weight is 366 g/mol. The van der Waals surface area contributed by atoms with Crippen molar-refractivity contribution >= 4 is 5.91 Å². The van der Waals surface area contributed by atoms with E-state index in [-0.39, 0.29) is 11.9 Å². The van der Waals surface area contributed by atoms with Gasteiger partial charge in [-0.1, -0.05) is 0 Å². The van der Waals surface area contributed by atoms with Crippen LogP contribution in [0, 0.1) is 6.92 Å². The van der Waals surface area contributed by atoms with Gasteiger partial charge in [-0.15, -0.1) is 0 Å². The largest absolute Gasteiger partial charge is 0.472 e. The van der Waals surface area contributed by atoms with Gasteiger partial charge in [-0.2, -0.15) is 0 Å². The van der Waals surface area contributed by atoms with Crippen molar-refractivity contribution in [3.05, 3.63) is 65.7 Å². The zero-order valence-corrected chi connectivity index (χ0v) is 15.4. The molecule has 4 rings (SSSR count). The second-order valence-electron chi connectivity index (χ2n) is 6.79. The van der Waals surface area contributed by atoms with Gasteiger partial charge in [0.05, 0.1) is 42.7 Å². The molecule has 3 aromatic heterocycles. The predicted octanol–water partition coefficient (Wildman–Crippen LogP) is 2.08. The highest BCUT2D eigenvalue weighted by molar-refractivity contribution is 5.92. The molecule has 0 unspecified atom stereocenters. The number of nitrogens with one attached hydrogen (secondary N) is 1. The lowest BCUT2D eigenvalue weighted by atomic mass is 10.2. The van der Waals surface area contributed by atoms with Crippen molar-refractivity contribution < 1.29 is 9.21 Å². The summed E-state index contributed by atoms with van der Waals surface area (Å²) in [6.45, 7) is 6.83. The first kappa shape index (κ1) is 17.4. The lowest BCUT2D eigenvalue weighted by molar-refractivity contribution is 0.0945. The number of carbonyl (C=O) groups excluding carboxylic acids is 1. The molecule has 0 radical (unpaired) electrons. The number of imidazole rings is 1. The first-order chi connectivity index (χ1) is 13.1. The number of rotatable bonds is 5. The van der Waals surface area contributed by atoms with E-state index in [1.807, 2.05) is 19.2 Å². The molecule has 1 aliphatic rings. The Labute approximate surface area is 157 Å². The zero-order chi connectivity index (χ0) is 18.8. The number of nitrogens with zero attached hydrogens (tertiary/aromatic N) is 5.